The topological polar surface area (TPSA) is 78.1 Å². The van der Waals surface area contributed by atoms with E-state index in [4.69, 9.17) is 19.9 Å². The van der Waals surface area contributed by atoms with E-state index in [0.717, 1.165) is 17.9 Å². The third-order valence-corrected chi connectivity index (χ3v) is 2.50. The quantitative estimate of drug-likeness (QED) is 0.283. The number of aliphatic imine (C=N–C) groups is 1. The summed E-state index contributed by atoms with van der Waals surface area (Å²) >= 11 is 0. The van der Waals surface area contributed by atoms with Crippen LogP contribution in [0.15, 0.2) is 29.3 Å². The molecule has 120 valence electrons. The second-order valence-electron chi connectivity index (χ2n) is 4.08. The smallest absolute Gasteiger partial charge is 0.193 e. The Balaban J connectivity index is 0.00000400. The Kier molecular flexibility index (Phi) is 12.0. The molecule has 1 aromatic carbocycles. The van der Waals surface area contributed by atoms with Gasteiger partial charge in [0.05, 0.1) is 20.3 Å². The van der Waals surface area contributed by atoms with Crippen LogP contribution in [-0.4, -0.2) is 46.5 Å². The molecule has 0 heterocycles. The molecule has 7 heteroatoms. The average molecular weight is 409 g/mol. The predicted molar refractivity (Wildman–Crippen MR) is 95.8 cm³/mol. The SMILES string of the molecule is COCCOCCCN=C(N)Nc1cccc(OC)c1.I. The van der Waals surface area contributed by atoms with E-state index in [1.165, 1.54) is 0 Å². The summed E-state index contributed by atoms with van der Waals surface area (Å²) in [5, 5.41) is 3.01. The van der Waals surface area contributed by atoms with E-state index in [0.29, 0.717) is 32.3 Å². The summed E-state index contributed by atoms with van der Waals surface area (Å²) in [6, 6.07) is 7.52. The van der Waals surface area contributed by atoms with Gasteiger partial charge in [-0.15, -0.1) is 24.0 Å². The molecular formula is C14H24IN3O3. The van der Waals surface area contributed by atoms with E-state index in [-0.39, 0.29) is 24.0 Å². The molecular weight excluding hydrogens is 385 g/mol. The summed E-state index contributed by atoms with van der Waals surface area (Å²) in [4.78, 5) is 4.22. The molecule has 0 spiro atoms. The van der Waals surface area contributed by atoms with Crippen LogP contribution in [0.4, 0.5) is 5.69 Å². The zero-order valence-corrected chi connectivity index (χ0v) is 14.8. The average Bonchev–Trinajstić information content (AvgIpc) is 2.46. The largest absolute Gasteiger partial charge is 0.497 e. The number of nitrogens with one attached hydrogen (secondary N) is 1. The molecule has 0 amide bonds. The van der Waals surface area contributed by atoms with Crippen molar-refractivity contribution >= 4 is 35.6 Å². The highest BCUT2D eigenvalue weighted by molar-refractivity contribution is 14.0. The molecule has 0 atom stereocenters. The standard InChI is InChI=1S/C14H23N3O3.HI/c1-18-9-10-20-8-4-7-16-14(15)17-12-5-3-6-13(11-12)19-2;/h3,5-6,11H,4,7-10H2,1-2H3,(H3,15,16,17);1H. The molecule has 21 heavy (non-hydrogen) atoms. The summed E-state index contributed by atoms with van der Waals surface area (Å²) in [5.41, 5.74) is 6.65. The van der Waals surface area contributed by atoms with Crippen molar-refractivity contribution < 1.29 is 14.2 Å². The van der Waals surface area contributed by atoms with E-state index < -0.39 is 0 Å². The van der Waals surface area contributed by atoms with Gasteiger partial charge in [-0.25, -0.2) is 0 Å². The number of halogens is 1. The van der Waals surface area contributed by atoms with Crippen molar-refractivity contribution in [2.45, 2.75) is 6.42 Å². The Hall–Kier alpha value is -1.06. The van der Waals surface area contributed by atoms with Crippen molar-refractivity contribution in [2.75, 3.05) is 45.9 Å². The monoisotopic (exact) mass is 409 g/mol. The maximum Gasteiger partial charge on any atom is 0.193 e. The van der Waals surface area contributed by atoms with E-state index >= 15 is 0 Å². The normalized spacial score (nSPS) is 10.9. The highest BCUT2D eigenvalue weighted by Crippen LogP contribution is 2.16. The fraction of sp³-hybridized carbons (Fsp3) is 0.500. The van der Waals surface area contributed by atoms with Crippen LogP contribution in [0.1, 0.15) is 6.42 Å². The van der Waals surface area contributed by atoms with Gasteiger partial charge in [0.2, 0.25) is 0 Å². The number of rotatable bonds is 9. The van der Waals surface area contributed by atoms with Crippen molar-refractivity contribution in [1.29, 1.82) is 0 Å². The Labute approximate surface area is 143 Å². The zero-order valence-electron chi connectivity index (χ0n) is 12.5. The molecule has 0 aliphatic heterocycles. The van der Waals surface area contributed by atoms with Crippen molar-refractivity contribution in [2.24, 2.45) is 10.7 Å². The lowest BCUT2D eigenvalue weighted by Gasteiger charge is -2.07. The van der Waals surface area contributed by atoms with Crippen molar-refractivity contribution in [1.82, 2.24) is 0 Å². The molecule has 0 saturated carbocycles. The molecule has 0 aliphatic carbocycles. The summed E-state index contributed by atoms with van der Waals surface area (Å²) in [6.45, 7) is 2.50. The minimum atomic E-state index is 0. The van der Waals surface area contributed by atoms with Crippen LogP contribution in [0.3, 0.4) is 0 Å². The maximum atomic E-state index is 5.80. The Morgan fingerprint density at radius 1 is 1.24 bits per heavy atom. The van der Waals surface area contributed by atoms with Gasteiger partial charge in [0.1, 0.15) is 5.75 Å². The van der Waals surface area contributed by atoms with Crippen molar-refractivity contribution in [3.63, 3.8) is 0 Å². The molecule has 0 aromatic heterocycles. The van der Waals surface area contributed by atoms with Crippen LogP contribution in [0, 0.1) is 0 Å². The van der Waals surface area contributed by atoms with Crippen LogP contribution >= 0.6 is 24.0 Å². The third-order valence-electron chi connectivity index (χ3n) is 2.50. The fourth-order valence-electron chi connectivity index (χ4n) is 1.50. The van der Waals surface area contributed by atoms with Gasteiger partial charge in [-0.2, -0.15) is 0 Å². The first-order chi connectivity index (χ1) is 9.76. The lowest BCUT2D eigenvalue weighted by Crippen LogP contribution is -2.23. The number of nitrogens with two attached hydrogens (primary N) is 1. The molecule has 1 rings (SSSR count). The van der Waals surface area contributed by atoms with Crippen LogP contribution in [0.5, 0.6) is 5.75 Å². The van der Waals surface area contributed by atoms with Gasteiger partial charge in [0.15, 0.2) is 5.96 Å². The summed E-state index contributed by atoms with van der Waals surface area (Å²) in [6.07, 6.45) is 0.824. The van der Waals surface area contributed by atoms with Crippen LogP contribution in [0.2, 0.25) is 0 Å². The minimum absolute atomic E-state index is 0. The number of guanidine groups is 1. The third kappa shape index (κ3) is 9.48. The Morgan fingerprint density at radius 3 is 2.76 bits per heavy atom. The first kappa shape index (κ1) is 19.9. The second-order valence-corrected chi connectivity index (χ2v) is 4.08. The van der Waals surface area contributed by atoms with Gasteiger partial charge in [0.25, 0.3) is 0 Å². The van der Waals surface area contributed by atoms with Gasteiger partial charge in [-0.3, -0.25) is 4.99 Å². The first-order valence-electron chi connectivity index (χ1n) is 6.54. The van der Waals surface area contributed by atoms with E-state index in [2.05, 4.69) is 10.3 Å². The number of methoxy groups -OCH3 is 2. The highest BCUT2D eigenvalue weighted by Gasteiger charge is 1.97. The Bertz CT molecular complexity index is 416. The van der Waals surface area contributed by atoms with Gasteiger partial charge in [0, 0.05) is 32.0 Å². The molecule has 1 aromatic rings. The first-order valence-corrected chi connectivity index (χ1v) is 6.54. The molecule has 0 fully saturated rings. The molecule has 0 unspecified atom stereocenters. The lowest BCUT2D eigenvalue weighted by molar-refractivity contribution is 0.0702. The van der Waals surface area contributed by atoms with Crippen LogP contribution in [0.25, 0.3) is 0 Å². The van der Waals surface area contributed by atoms with Gasteiger partial charge >= 0.3 is 0 Å². The van der Waals surface area contributed by atoms with Crippen LogP contribution < -0.4 is 15.8 Å². The predicted octanol–water partition coefficient (Wildman–Crippen LogP) is 2.09. The number of hydrogen-bond donors (Lipinski definition) is 2. The number of nitrogens with zero attached hydrogens (tertiary/aromatic N) is 1. The zero-order chi connectivity index (χ0) is 14.6. The van der Waals surface area contributed by atoms with E-state index in [1.54, 1.807) is 14.2 Å². The number of benzene rings is 1. The highest BCUT2D eigenvalue weighted by atomic mass is 127. The van der Waals surface area contributed by atoms with Crippen LogP contribution in [-0.2, 0) is 9.47 Å². The van der Waals surface area contributed by atoms with Crippen molar-refractivity contribution in [3.8, 4) is 5.75 Å². The number of anilines is 1. The van der Waals surface area contributed by atoms with Gasteiger partial charge < -0.3 is 25.3 Å². The molecule has 0 bridgehead atoms. The number of hydrogen-bond acceptors (Lipinski definition) is 4. The van der Waals surface area contributed by atoms with E-state index in [1.807, 2.05) is 24.3 Å². The fourth-order valence-corrected chi connectivity index (χ4v) is 1.50. The van der Waals surface area contributed by atoms with Crippen molar-refractivity contribution in [3.05, 3.63) is 24.3 Å². The molecule has 6 nitrogen and oxygen atoms in total. The van der Waals surface area contributed by atoms with Gasteiger partial charge in [-0.1, -0.05) is 6.07 Å². The summed E-state index contributed by atoms with van der Waals surface area (Å²) in [7, 11) is 3.28. The molecule has 0 aliphatic rings. The molecule has 0 radical (unpaired) electrons. The molecule has 3 N–H and O–H groups in total. The second kappa shape index (κ2) is 12.7. The Morgan fingerprint density at radius 2 is 2.05 bits per heavy atom. The van der Waals surface area contributed by atoms with Gasteiger partial charge in [-0.05, 0) is 18.6 Å². The summed E-state index contributed by atoms with van der Waals surface area (Å²) < 4.78 is 15.3. The lowest BCUT2D eigenvalue weighted by atomic mass is 10.3. The number of ether oxygens (including phenoxy) is 3. The molecule has 0 saturated heterocycles. The summed E-state index contributed by atoms with van der Waals surface area (Å²) in [5.74, 6) is 1.16. The van der Waals surface area contributed by atoms with E-state index in [9.17, 15) is 0 Å². The minimum Gasteiger partial charge on any atom is -0.497 e. The maximum absolute atomic E-state index is 5.80.